The van der Waals surface area contributed by atoms with Gasteiger partial charge in [-0.05, 0) is 33.3 Å². The maximum Gasteiger partial charge on any atom is 0.330 e. The highest BCUT2D eigenvalue weighted by molar-refractivity contribution is 6.54. The van der Waals surface area contributed by atoms with Crippen LogP contribution in [-0.4, -0.2) is 23.8 Å². The molecular formula is C14H20BO2. The largest absolute Gasteiger partial charge is 0.427 e. The van der Waals surface area contributed by atoms with E-state index in [0.717, 1.165) is 11.0 Å². The van der Waals surface area contributed by atoms with Crippen LogP contribution in [0.2, 0.25) is 0 Å². The van der Waals surface area contributed by atoms with E-state index in [1.165, 1.54) is 0 Å². The predicted octanol–water partition coefficient (Wildman–Crippen LogP) is 2.84. The van der Waals surface area contributed by atoms with Gasteiger partial charge in [0.2, 0.25) is 0 Å². The Kier molecular flexibility index (Phi) is 4.18. The molecule has 17 heavy (non-hydrogen) atoms. The van der Waals surface area contributed by atoms with Crippen molar-refractivity contribution in [1.82, 2.24) is 0 Å². The van der Waals surface area contributed by atoms with Crippen molar-refractivity contribution in [2.24, 2.45) is 0 Å². The molecule has 0 fully saturated rings. The lowest BCUT2D eigenvalue weighted by Crippen LogP contribution is -2.48. The van der Waals surface area contributed by atoms with Crippen molar-refractivity contribution >= 4 is 13.0 Å². The first-order chi connectivity index (χ1) is 7.74. The standard InChI is InChI=1S/C14H20BO2/c1-11(12-9-7-6-8-10-12)15-17-14(4,5)13(2,3)16/h6-10,16H,1H2,2-5H3. The Bertz CT molecular complexity index is 377. The van der Waals surface area contributed by atoms with Gasteiger partial charge in [0, 0.05) is 0 Å². The van der Waals surface area contributed by atoms with E-state index < -0.39 is 11.2 Å². The molecule has 1 aromatic carbocycles. The lowest BCUT2D eigenvalue weighted by molar-refractivity contribution is -0.0892. The van der Waals surface area contributed by atoms with Crippen LogP contribution in [0, 0.1) is 0 Å². The lowest BCUT2D eigenvalue weighted by atomic mass is 9.80. The van der Waals surface area contributed by atoms with Gasteiger partial charge >= 0.3 is 7.48 Å². The third kappa shape index (κ3) is 3.72. The van der Waals surface area contributed by atoms with Crippen LogP contribution in [0.15, 0.2) is 36.9 Å². The summed E-state index contributed by atoms with van der Waals surface area (Å²) in [5, 5.41) is 9.95. The molecule has 3 heteroatoms. The molecule has 1 N–H and O–H groups in total. The van der Waals surface area contributed by atoms with Crippen LogP contribution in [0.5, 0.6) is 0 Å². The molecule has 0 saturated heterocycles. The quantitative estimate of drug-likeness (QED) is 0.789. The molecule has 2 nitrogen and oxygen atoms in total. The molecule has 1 rings (SSSR count). The van der Waals surface area contributed by atoms with Crippen LogP contribution >= 0.6 is 0 Å². The number of aliphatic hydroxyl groups is 1. The lowest BCUT2D eigenvalue weighted by Gasteiger charge is -2.37. The van der Waals surface area contributed by atoms with Gasteiger partial charge in [-0.1, -0.05) is 35.8 Å². The molecule has 0 aliphatic heterocycles. The third-order valence-electron chi connectivity index (χ3n) is 3.11. The number of hydrogen-bond donors (Lipinski definition) is 1. The van der Waals surface area contributed by atoms with E-state index in [0.29, 0.717) is 0 Å². The molecule has 0 heterocycles. The molecular weight excluding hydrogens is 211 g/mol. The second-order valence-electron chi connectivity index (χ2n) is 5.20. The zero-order valence-electron chi connectivity index (χ0n) is 11.0. The second-order valence-corrected chi connectivity index (χ2v) is 5.20. The molecule has 0 aromatic heterocycles. The fraction of sp³-hybridized carbons (Fsp3) is 0.429. The third-order valence-corrected chi connectivity index (χ3v) is 3.11. The Labute approximate surface area is 105 Å². The van der Waals surface area contributed by atoms with Crippen LogP contribution in [0.1, 0.15) is 33.3 Å². The summed E-state index contributed by atoms with van der Waals surface area (Å²) in [6.45, 7) is 11.1. The van der Waals surface area contributed by atoms with Crippen LogP contribution in [0.25, 0.3) is 5.47 Å². The van der Waals surface area contributed by atoms with E-state index in [2.05, 4.69) is 6.58 Å². The number of rotatable bonds is 5. The van der Waals surface area contributed by atoms with Gasteiger partial charge in [-0.25, -0.2) is 0 Å². The highest BCUT2D eigenvalue weighted by Gasteiger charge is 2.35. The maximum atomic E-state index is 9.95. The summed E-state index contributed by atoms with van der Waals surface area (Å²) in [7, 11) is 1.60. The first-order valence-electron chi connectivity index (χ1n) is 5.72. The van der Waals surface area contributed by atoms with E-state index >= 15 is 0 Å². The van der Waals surface area contributed by atoms with Gasteiger partial charge < -0.3 is 9.76 Å². The zero-order valence-corrected chi connectivity index (χ0v) is 11.0. The van der Waals surface area contributed by atoms with Crippen molar-refractivity contribution in [2.75, 3.05) is 0 Å². The van der Waals surface area contributed by atoms with Crippen molar-refractivity contribution in [3.8, 4) is 0 Å². The van der Waals surface area contributed by atoms with Crippen LogP contribution < -0.4 is 0 Å². The van der Waals surface area contributed by atoms with E-state index in [-0.39, 0.29) is 0 Å². The Balaban J connectivity index is 2.61. The maximum absolute atomic E-state index is 9.95. The van der Waals surface area contributed by atoms with Gasteiger partial charge in [0.25, 0.3) is 0 Å². The van der Waals surface area contributed by atoms with E-state index in [1.54, 1.807) is 21.3 Å². The van der Waals surface area contributed by atoms with Gasteiger partial charge in [0.1, 0.15) is 0 Å². The molecule has 0 bridgehead atoms. The molecule has 0 amide bonds. The van der Waals surface area contributed by atoms with Crippen LogP contribution in [0.3, 0.4) is 0 Å². The van der Waals surface area contributed by atoms with Gasteiger partial charge in [-0.2, -0.15) is 0 Å². The Hall–Kier alpha value is -1.06. The smallest absolute Gasteiger partial charge is 0.330 e. The summed E-state index contributed by atoms with van der Waals surface area (Å²) >= 11 is 0. The van der Waals surface area contributed by atoms with E-state index in [1.807, 2.05) is 44.2 Å². The topological polar surface area (TPSA) is 29.5 Å². The molecule has 91 valence electrons. The molecule has 1 radical (unpaired) electrons. The fourth-order valence-electron chi connectivity index (χ4n) is 1.08. The fourth-order valence-corrected chi connectivity index (χ4v) is 1.08. The van der Waals surface area contributed by atoms with Crippen LogP contribution in [0.4, 0.5) is 0 Å². The Morgan fingerprint density at radius 1 is 1.18 bits per heavy atom. The second kappa shape index (κ2) is 5.07. The van der Waals surface area contributed by atoms with Gasteiger partial charge in [-0.3, -0.25) is 0 Å². The first-order valence-corrected chi connectivity index (χ1v) is 5.72. The zero-order chi connectivity index (χ0) is 13.1. The molecule has 0 aliphatic rings. The van der Waals surface area contributed by atoms with Gasteiger partial charge in [0.15, 0.2) is 0 Å². The van der Waals surface area contributed by atoms with E-state index in [9.17, 15) is 5.11 Å². The molecule has 0 unspecified atom stereocenters. The Morgan fingerprint density at radius 2 is 1.71 bits per heavy atom. The van der Waals surface area contributed by atoms with Crippen molar-refractivity contribution in [3.63, 3.8) is 0 Å². The van der Waals surface area contributed by atoms with Crippen molar-refractivity contribution in [1.29, 1.82) is 0 Å². The van der Waals surface area contributed by atoms with Crippen LogP contribution in [-0.2, 0) is 4.65 Å². The Morgan fingerprint density at radius 3 is 2.18 bits per heavy atom. The SMILES string of the molecule is C=C([B]OC(C)(C)C(C)(C)O)c1ccccc1. The molecule has 0 aliphatic carbocycles. The predicted molar refractivity (Wildman–Crippen MR) is 72.7 cm³/mol. The number of hydrogen-bond acceptors (Lipinski definition) is 2. The highest BCUT2D eigenvalue weighted by Crippen LogP contribution is 2.25. The van der Waals surface area contributed by atoms with Crippen molar-refractivity contribution in [3.05, 3.63) is 42.5 Å². The summed E-state index contributed by atoms with van der Waals surface area (Å²) in [6.07, 6.45) is 0. The van der Waals surface area contributed by atoms with Crippen molar-refractivity contribution < 1.29 is 9.76 Å². The average molecular weight is 231 g/mol. The minimum Gasteiger partial charge on any atom is -0.427 e. The van der Waals surface area contributed by atoms with Crippen molar-refractivity contribution in [2.45, 2.75) is 38.9 Å². The first kappa shape index (κ1) is 14.0. The van der Waals surface area contributed by atoms with Gasteiger partial charge in [-0.15, -0.1) is 6.58 Å². The molecule has 1 aromatic rings. The normalized spacial score (nSPS) is 12.3. The average Bonchev–Trinajstić information content (AvgIpc) is 2.25. The van der Waals surface area contributed by atoms with E-state index in [4.69, 9.17) is 4.65 Å². The monoisotopic (exact) mass is 231 g/mol. The molecule has 0 saturated carbocycles. The summed E-state index contributed by atoms with van der Waals surface area (Å²) in [5.74, 6) is 0. The summed E-state index contributed by atoms with van der Waals surface area (Å²) in [6, 6.07) is 9.81. The number of benzene rings is 1. The summed E-state index contributed by atoms with van der Waals surface area (Å²) in [5.41, 5.74) is 0.229. The van der Waals surface area contributed by atoms with Gasteiger partial charge in [0.05, 0.1) is 11.2 Å². The molecule has 0 atom stereocenters. The molecule has 0 spiro atoms. The summed E-state index contributed by atoms with van der Waals surface area (Å²) in [4.78, 5) is 0. The minimum atomic E-state index is -0.916. The minimum absolute atomic E-state index is 0.662. The highest BCUT2D eigenvalue weighted by atomic mass is 16.5. The summed E-state index contributed by atoms with van der Waals surface area (Å²) < 4.78 is 5.64.